The minimum Gasteiger partial charge on any atom is -0.370 e. The summed E-state index contributed by atoms with van der Waals surface area (Å²) in [7, 11) is 0. The summed E-state index contributed by atoms with van der Waals surface area (Å²) < 4.78 is 13.5. The maximum atomic E-state index is 13.5. The third-order valence-electron chi connectivity index (χ3n) is 4.01. The molecule has 0 heterocycles. The van der Waals surface area contributed by atoms with E-state index in [1.165, 1.54) is 37.8 Å². The average Bonchev–Trinajstić information content (AvgIpc) is 2.80. The molecular weight excluding hydrogens is 295 g/mol. The van der Waals surface area contributed by atoms with Gasteiger partial charge < -0.3 is 16.4 Å². The van der Waals surface area contributed by atoms with Crippen LogP contribution in [0.15, 0.2) is 29.3 Å². The Kier molecular flexibility index (Phi) is 6.84. The van der Waals surface area contributed by atoms with Crippen molar-refractivity contribution in [3.8, 4) is 0 Å². The van der Waals surface area contributed by atoms with E-state index >= 15 is 0 Å². The van der Waals surface area contributed by atoms with Crippen LogP contribution in [0.3, 0.4) is 0 Å². The van der Waals surface area contributed by atoms with Gasteiger partial charge in [0, 0.05) is 12.6 Å². The van der Waals surface area contributed by atoms with Crippen LogP contribution < -0.4 is 16.4 Å². The van der Waals surface area contributed by atoms with Crippen LogP contribution in [-0.2, 0) is 0 Å². The quantitative estimate of drug-likeness (QED) is 0.337. The zero-order valence-corrected chi connectivity index (χ0v) is 13.4. The van der Waals surface area contributed by atoms with E-state index in [1.54, 1.807) is 12.1 Å². The molecule has 23 heavy (non-hydrogen) atoms. The highest BCUT2D eigenvalue weighted by molar-refractivity contribution is 5.94. The number of aliphatic imine (C=N–C) groups is 1. The van der Waals surface area contributed by atoms with E-state index in [0.29, 0.717) is 25.1 Å². The van der Waals surface area contributed by atoms with Gasteiger partial charge in [-0.1, -0.05) is 37.8 Å². The molecule has 0 radical (unpaired) electrons. The average molecular weight is 320 g/mol. The third-order valence-corrected chi connectivity index (χ3v) is 4.01. The predicted octanol–water partition coefficient (Wildman–Crippen LogP) is 2.18. The maximum Gasteiger partial charge on any atom is 0.254 e. The number of carbonyl (C=O) groups is 1. The van der Waals surface area contributed by atoms with Crippen LogP contribution in [0.5, 0.6) is 0 Å². The molecule has 5 nitrogen and oxygen atoms in total. The second-order valence-corrected chi connectivity index (χ2v) is 5.84. The summed E-state index contributed by atoms with van der Waals surface area (Å²) in [5.41, 5.74) is 5.92. The molecule has 0 saturated heterocycles. The van der Waals surface area contributed by atoms with Gasteiger partial charge in [0.1, 0.15) is 5.82 Å². The van der Waals surface area contributed by atoms with Crippen LogP contribution >= 0.6 is 0 Å². The van der Waals surface area contributed by atoms with Crippen molar-refractivity contribution in [2.45, 2.75) is 44.6 Å². The number of hydrogen-bond acceptors (Lipinski definition) is 2. The number of carbonyl (C=O) groups excluding carboxylic acids is 1. The summed E-state index contributed by atoms with van der Waals surface area (Å²) in [6.45, 7) is 0.686. The molecule has 4 N–H and O–H groups in total. The molecule has 0 spiro atoms. The number of rotatable bonds is 5. The van der Waals surface area contributed by atoms with Crippen molar-refractivity contribution < 1.29 is 9.18 Å². The summed E-state index contributed by atoms with van der Waals surface area (Å²) >= 11 is 0. The predicted molar refractivity (Wildman–Crippen MR) is 89.8 cm³/mol. The van der Waals surface area contributed by atoms with Crippen LogP contribution in [0.25, 0.3) is 0 Å². The monoisotopic (exact) mass is 320 g/mol. The van der Waals surface area contributed by atoms with Gasteiger partial charge in [0.25, 0.3) is 5.91 Å². The number of nitrogens with one attached hydrogen (secondary N) is 2. The molecule has 1 amide bonds. The van der Waals surface area contributed by atoms with Crippen LogP contribution in [0.2, 0.25) is 0 Å². The van der Waals surface area contributed by atoms with E-state index in [-0.39, 0.29) is 5.56 Å². The first-order valence-corrected chi connectivity index (χ1v) is 8.26. The van der Waals surface area contributed by atoms with Crippen molar-refractivity contribution in [2.75, 3.05) is 13.1 Å². The smallest absolute Gasteiger partial charge is 0.254 e. The molecule has 0 bridgehead atoms. The first-order chi connectivity index (χ1) is 11.2. The lowest BCUT2D eigenvalue weighted by molar-refractivity contribution is 0.0951. The van der Waals surface area contributed by atoms with Gasteiger partial charge >= 0.3 is 0 Å². The molecule has 1 aliphatic carbocycles. The highest BCUT2D eigenvalue weighted by atomic mass is 19.1. The van der Waals surface area contributed by atoms with Gasteiger partial charge in [-0.05, 0) is 25.0 Å². The Morgan fingerprint density at radius 1 is 1.22 bits per heavy atom. The third kappa shape index (κ3) is 5.88. The fourth-order valence-electron chi connectivity index (χ4n) is 2.76. The Bertz CT molecular complexity index is 539. The van der Waals surface area contributed by atoms with Gasteiger partial charge in [-0.2, -0.15) is 0 Å². The Morgan fingerprint density at radius 2 is 1.91 bits per heavy atom. The van der Waals surface area contributed by atoms with E-state index < -0.39 is 11.7 Å². The zero-order chi connectivity index (χ0) is 16.5. The van der Waals surface area contributed by atoms with E-state index in [9.17, 15) is 9.18 Å². The van der Waals surface area contributed by atoms with Gasteiger partial charge in [0.2, 0.25) is 0 Å². The molecule has 1 fully saturated rings. The molecule has 0 atom stereocenters. The molecule has 0 aromatic heterocycles. The molecular formula is C17H25FN4O. The number of hydrogen-bond donors (Lipinski definition) is 3. The Morgan fingerprint density at radius 3 is 2.61 bits per heavy atom. The number of amides is 1. The van der Waals surface area contributed by atoms with Crippen molar-refractivity contribution in [3.63, 3.8) is 0 Å². The molecule has 6 heteroatoms. The van der Waals surface area contributed by atoms with E-state index in [2.05, 4.69) is 15.6 Å². The fourth-order valence-corrected chi connectivity index (χ4v) is 2.76. The minimum atomic E-state index is -0.525. The molecule has 1 aromatic rings. The van der Waals surface area contributed by atoms with Crippen LogP contribution in [0, 0.1) is 5.82 Å². The maximum absolute atomic E-state index is 13.5. The van der Waals surface area contributed by atoms with Gasteiger partial charge in [-0.3, -0.25) is 9.79 Å². The molecule has 1 saturated carbocycles. The van der Waals surface area contributed by atoms with Crippen molar-refractivity contribution in [1.29, 1.82) is 0 Å². The van der Waals surface area contributed by atoms with Crippen molar-refractivity contribution in [2.24, 2.45) is 10.7 Å². The lowest BCUT2D eigenvalue weighted by Crippen LogP contribution is -2.40. The molecule has 0 aliphatic heterocycles. The Balaban J connectivity index is 1.71. The van der Waals surface area contributed by atoms with Crippen molar-refractivity contribution in [3.05, 3.63) is 35.6 Å². The SMILES string of the molecule is NC(=NCCNC(=O)c1ccccc1F)NC1CCCCCC1. The lowest BCUT2D eigenvalue weighted by atomic mass is 10.1. The normalized spacial score (nSPS) is 16.7. The standard InChI is InChI=1S/C17H25FN4O/c18-15-10-6-5-9-14(15)16(23)20-11-12-21-17(19)22-13-7-3-1-2-4-8-13/h5-6,9-10,13H,1-4,7-8,11-12H2,(H,20,23)(H3,19,21,22). The second kappa shape index (κ2) is 9.12. The lowest BCUT2D eigenvalue weighted by Gasteiger charge is -2.16. The van der Waals surface area contributed by atoms with E-state index in [0.717, 1.165) is 12.8 Å². The van der Waals surface area contributed by atoms with Crippen LogP contribution in [0.4, 0.5) is 4.39 Å². The molecule has 1 aromatic carbocycles. The number of guanidine groups is 1. The summed E-state index contributed by atoms with van der Waals surface area (Å²) in [6.07, 6.45) is 7.28. The Hall–Kier alpha value is -2.11. The number of nitrogens with two attached hydrogens (primary N) is 1. The van der Waals surface area contributed by atoms with Gasteiger partial charge in [0.05, 0.1) is 12.1 Å². The van der Waals surface area contributed by atoms with Crippen LogP contribution in [0.1, 0.15) is 48.9 Å². The Labute approximate surface area is 136 Å². The van der Waals surface area contributed by atoms with Crippen molar-refractivity contribution in [1.82, 2.24) is 10.6 Å². The van der Waals surface area contributed by atoms with E-state index in [4.69, 9.17) is 5.73 Å². The highest BCUT2D eigenvalue weighted by Crippen LogP contribution is 2.16. The fraction of sp³-hybridized carbons (Fsp3) is 0.529. The topological polar surface area (TPSA) is 79.5 Å². The van der Waals surface area contributed by atoms with Gasteiger partial charge in [-0.25, -0.2) is 4.39 Å². The molecule has 1 aliphatic rings. The first-order valence-electron chi connectivity index (χ1n) is 8.26. The summed E-state index contributed by atoms with van der Waals surface area (Å²) in [4.78, 5) is 16.0. The number of nitrogens with zero attached hydrogens (tertiary/aromatic N) is 1. The summed E-state index contributed by atoms with van der Waals surface area (Å²) in [5.74, 6) is -0.548. The highest BCUT2D eigenvalue weighted by Gasteiger charge is 2.12. The zero-order valence-electron chi connectivity index (χ0n) is 13.4. The summed E-state index contributed by atoms with van der Waals surface area (Å²) in [6, 6.07) is 6.30. The number of benzene rings is 1. The molecule has 126 valence electrons. The minimum absolute atomic E-state index is 0.0426. The van der Waals surface area contributed by atoms with Gasteiger partial charge in [-0.15, -0.1) is 0 Å². The first kappa shape index (κ1) is 17.2. The second-order valence-electron chi connectivity index (χ2n) is 5.84. The van der Waals surface area contributed by atoms with Crippen molar-refractivity contribution >= 4 is 11.9 Å². The van der Waals surface area contributed by atoms with E-state index in [1.807, 2.05) is 0 Å². The van der Waals surface area contributed by atoms with Gasteiger partial charge in [0.15, 0.2) is 5.96 Å². The van der Waals surface area contributed by atoms with Crippen LogP contribution in [-0.4, -0.2) is 31.0 Å². The molecule has 2 rings (SSSR count). The number of halogens is 1. The molecule has 0 unspecified atom stereocenters. The summed E-state index contributed by atoms with van der Waals surface area (Å²) in [5, 5.41) is 5.88. The largest absolute Gasteiger partial charge is 0.370 e.